The van der Waals surface area contributed by atoms with Crippen molar-refractivity contribution >= 4 is 51.0 Å². The summed E-state index contributed by atoms with van der Waals surface area (Å²) in [7, 11) is 0. The molecule has 192 valence electrons. The predicted octanol–water partition coefficient (Wildman–Crippen LogP) is 5.63. The van der Waals surface area contributed by atoms with Gasteiger partial charge in [0.25, 0.3) is 0 Å². The van der Waals surface area contributed by atoms with Crippen LogP contribution in [0.5, 0.6) is 0 Å². The number of rotatable bonds is 7. The van der Waals surface area contributed by atoms with Crippen molar-refractivity contribution in [2.24, 2.45) is 5.41 Å². The summed E-state index contributed by atoms with van der Waals surface area (Å²) in [6, 6.07) is 8.32. The van der Waals surface area contributed by atoms with Crippen molar-refractivity contribution in [3.8, 4) is 11.4 Å². The number of aromatic nitrogens is 3. The van der Waals surface area contributed by atoms with Gasteiger partial charge in [-0.2, -0.15) is 5.10 Å². The van der Waals surface area contributed by atoms with Gasteiger partial charge in [0.05, 0.1) is 5.69 Å². The highest BCUT2D eigenvalue weighted by molar-refractivity contribution is 14.1. The number of hydrogen-bond donors (Lipinski definition) is 2. The van der Waals surface area contributed by atoms with Crippen LogP contribution in [0.3, 0.4) is 0 Å². The Morgan fingerprint density at radius 2 is 2.06 bits per heavy atom. The van der Waals surface area contributed by atoms with Crippen molar-refractivity contribution in [2.45, 2.75) is 65.2 Å². The lowest BCUT2D eigenvalue weighted by Gasteiger charge is -2.28. The second-order valence-electron chi connectivity index (χ2n) is 11.0. The Morgan fingerprint density at radius 1 is 1.19 bits per heavy atom. The van der Waals surface area contributed by atoms with Crippen molar-refractivity contribution in [1.29, 1.82) is 0 Å². The summed E-state index contributed by atoms with van der Waals surface area (Å²) in [6.07, 6.45) is 7.61. The molecule has 0 bridgehead atoms. The van der Waals surface area contributed by atoms with Gasteiger partial charge < -0.3 is 14.8 Å². The number of nitrogens with one attached hydrogen (secondary N) is 2. The Kier molecular flexibility index (Phi) is 7.42. The van der Waals surface area contributed by atoms with Crippen LogP contribution in [-0.2, 0) is 22.4 Å². The van der Waals surface area contributed by atoms with E-state index in [0.717, 1.165) is 77.4 Å². The molecule has 1 aliphatic heterocycles. The first-order valence-corrected chi connectivity index (χ1v) is 14.7. The van der Waals surface area contributed by atoms with Gasteiger partial charge in [-0.3, -0.25) is 14.7 Å². The first-order valence-electron chi connectivity index (χ1n) is 13.2. The zero-order chi connectivity index (χ0) is 25.3. The minimum atomic E-state index is -0.00906. The van der Waals surface area contributed by atoms with E-state index in [1.54, 1.807) is 4.90 Å². The van der Waals surface area contributed by atoms with Crippen LogP contribution in [0.15, 0.2) is 24.3 Å². The molecule has 1 fully saturated rings. The summed E-state index contributed by atoms with van der Waals surface area (Å²) in [5, 5.41) is 9.06. The zero-order valence-electron chi connectivity index (χ0n) is 21.3. The van der Waals surface area contributed by atoms with E-state index in [9.17, 15) is 9.59 Å². The fourth-order valence-corrected chi connectivity index (χ4v) is 5.89. The third-order valence-corrected chi connectivity index (χ3v) is 8.41. The number of alkyl halides is 1. The maximum Gasteiger partial charge on any atom is 0.246 e. The molecule has 1 saturated heterocycles. The molecule has 2 N–H and O–H groups in total. The molecule has 0 saturated carbocycles. The van der Waals surface area contributed by atoms with E-state index in [4.69, 9.17) is 0 Å². The third-order valence-electron chi connectivity index (χ3n) is 7.65. The summed E-state index contributed by atoms with van der Waals surface area (Å²) < 4.78 is 0.972. The van der Waals surface area contributed by atoms with Gasteiger partial charge >= 0.3 is 0 Å². The van der Waals surface area contributed by atoms with E-state index in [1.165, 1.54) is 11.3 Å². The molecule has 7 nitrogen and oxygen atoms in total. The molecule has 0 radical (unpaired) electrons. The van der Waals surface area contributed by atoms with Gasteiger partial charge in [-0.1, -0.05) is 48.9 Å². The molecule has 0 unspecified atom stereocenters. The number of likely N-dealkylation sites (tertiary alicyclic amines) is 1. The molecule has 3 heterocycles. The van der Waals surface area contributed by atoms with E-state index < -0.39 is 0 Å². The van der Waals surface area contributed by atoms with E-state index in [-0.39, 0.29) is 18.4 Å². The second kappa shape index (κ2) is 10.6. The average Bonchev–Trinajstić information content (AvgIpc) is 3.39. The first kappa shape index (κ1) is 25.3. The average molecular weight is 602 g/mol. The molecule has 0 atom stereocenters. The van der Waals surface area contributed by atoms with Crippen LogP contribution in [0, 0.1) is 5.41 Å². The van der Waals surface area contributed by atoms with Crippen LogP contribution in [0.1, 0.15) is 63.6 Å². The van der Waals surface area contributed by atoms with Crippen molar-refractivity contribution in [3.05, 3.63) is 35.5 Å². The summed E-state index contributed by atoms with van der Waals surface area (Å²) in [4.78, 5) is 33.1. The third kappa shape index (κ3) is 5.33. The number of carbonyl (C=O) groups excluding carboxylic acids is 2. The van der Waals surface area contributed by atoms with Crippen LogP contribution >= 0.6 is 22.6 Å². The smallest absolute Gasteiger partial charge is 0.246 e. The van der Waals surface area contributed by atoms with Gasteiger partial charge in [-0.15, -0.1) is 0 Å². The Hall–Kier alpha value is -2.36. The van der Waals surface area contributed by atoms with E-state index in [1.807, 2.05) is 11.0 Å². The summed E-state index contributed by atoms with van der Waals surface area (Å²) in [5.74, 6) is 0.0927. The molecule has 0 spiro atoms. The molecule has 2 amide bonds. The van der Waals surface area contributed by atoms with Gasteiger partial charge in [0, 0.05) is 51.8 Å². The number of halogens is 1. The van der Waals surface area contributed by atoms with Gasteiger partial charge in [-0.25, -0.2) is 0 Å². The molecule has 3 aromatic rings. The highest BCUT2D eigenvalue weighted by atomic mass is 127. The molecule has 1 aliphatic carbocycles. The van der Waals surface area contributed by atoms with Gasteiger partial charge in [0.2, 0.25) is 11.8 Å². The number of fused-ring (bicyclic) bond motifs is 2. The standard InChI is InChI=1S/C28H36IN5O2/c1-28(2)11-10-21-24(17-28)31-32-27(21)23-15-19-8-9-20(16-22(19)30-23)34(14-6-12-29)26(36)18-33-13-5-3-4-7-25(33)35/h8-9,15-16,30H,3-7,10-14,17-18H2,1-2H3,(H,31,32). The number of carbonyl (C=O) groups is 2. The second-order valence-corrected chi connectivity index (χ2v) is 12.1. The monoisotopic (exact) mass is 601 g/mol. The number of benzene rings is 1. The zero-order valence-corrected chi connectivity index (χ0v) is 23.5. The normalized spacial score (nSPS) is 17.8. The van der Waals surface area contributed by atoms with Gasteiger partial charge in [-0.05, 0) is 62.1 Å². The fraction of sp³-hybridized carbons (Fsp3) is 0.536. The first-order chi connectivity index (χ1) is 17.3. The largest absolute Gasteiger partial charge is 0.353 e. The van der Waals surface area contributed by atoms with Crippen LogP contribution in [0.2, 0.25) is 0 Å². The van der Waals surface area contributed by atoms with Crippen molar-refractivity contribution < 1.29 is 9.59 Å². The minimum absolute atomic E-state index is 0.00906. The van der Waals surface area contributed by atoms with E-state index in [0.29, 0.717) is 24.9 Å². The Morgan fingerprint density at radius 3 is 2.89 bits per heavy atom. The number of amides is 2. The Bertz CT molecular complexity index is 1260. The molecule has 8 heteroatoms. The van der Waals surface area contributed by atoms with Crippen LogP contribution in [-0.4, -0.2) is 56.0 Å². The Balaban J connectivity index is 1.40. The predicted molar refractivity (Wildman–Crippen MR) is 153 cm³/mol. The summed E-state index contributed by atoms with van der Waals surface area (Å²) in [5.41, 5.74) is 6.77. The number of nitrogens with zero attached hydrogens (tertiary/aromatic N) is 3. The molecular formula is C28H36IN5O2. The number of anilines is 1. The number of hydrogen-bond acceptors (Lipinski definition) is 3. The highest BCUT2D eigenvalue weighted by Gasteiger charge is 2.29. The van der Waals surface area contributed by atoms with E-state index in [2.05, 4.69) is 69.8 Å². The lowest BCUT2D eigenvalue weighted by molar-refractivity contribution is -0.134. The number of H-pyrrole nitrogens is 2. The fourth-order valence-electron chi connectivity index (χ4n) is 5.55. The lowest BCUT2D eigenvalue weighted by Crippen LogP contribution is -2.43. The van der Waals surface area contributed by atoms with Crippen molar-refractivity contribution in [1.82, 2.24) is 20.1 Å². The minimum Gasteiger partial charge on any atom is -0.353 e. The van der Waals surface area contributed by atoms with Crippen molar-refractivity contribution in [2.75, 3.05) is 29.0 Å². The maximum atomic E-state index is 13.4. The molecular weight excluding hydrogens is 565 g/mol. The summed E-state index contributed by atoms with van der Waals surface area (Å²) in [6.45, 7) is 6.10. The van der Waals surface area contributed by atoms with Crippen LogP contribution < -0.4 is 4.90 Å². The maximum absolute atomic E-state index is 13.4. The van der Waals surface area contributed by atoms with Crippen LogP contribution in [0.4, 0.5) is 5.69 Å². The molecule has 2 aromatic heterocycles. The lowest BCUT2D eigenvalue weighted by atomic mass is 9.76. The van der Waals surface area contributed by atoms with E-state index >= 15 is 0 Å². The SMILES string of the molecule is CC1(C)CCc2c(-c3cc4ccc(N(CCCI)C(=O)CN5CCCCCC5=O)cc4[nH]3)n[nH]c2C1. The summed E-state index contributed by atoms with van der Waals surface area (Å²) >= 11 is 2.35. The molecule has 1 aromatic carbocycles. The highest BCUT2D eigenvalue weighted by Crippen LogP contribution is 2.38. The Labute approximate surface area is 226 Å². The molecule has 2 aliphatic rings. The van der Waals surface area contributed by atoms with Gasteiger partial charge in [0.1, 0.15) is 12.2 Å². The molecule has 36 heavy (non-hydrogen) atoms. The number of aromatic amines is 2. The van der Waals surface area contributed by atoms with Crippen molar-refractivity contribution in [3.63, 3.8) is 0 Å². The van der Waals surface area contributed by atoms with Gasteiger partial charge in [0.15, 0.2) is 0 Å². The molecule has 5 rings (SSSR count). The van der Waals surface area contributed by atoms with Crippen LogP contribution in [0.25, 0.3) is 22.3 Å². The topological polar surface area (TPSA) is 85.1 Å². The quantitative estimate of drug-likeness (QED) is 0.272.